The van der Waals surface area contributed by atoms with Crippen molar-refractivity contribution >= 4 is 17.7 Å². The van der Waals surface area contributed by atoms with Gasteiger partial charge >= 0.3 is 0 Å². The minimum absolute atomic E-state index is 0.467. The van der Waals surface area contributed by atoms with Crippen molar-refractivity contribution in [2.45, 2.75) is 33.2 Å². The van der Waals surface area contributed by atoms with Crippen LogP contribution < -0.4 is 5.32 Å². The summed E-state index contributed by atoms with van der Waals surface area (Å²) in [6.45, 7) is 7.39. The SMILES string of the molecule is CSCCCNc1nc(C)cn1C(C)C. The fourth-order valence-corrected chi connectivity index (χ4v) is 1.89. The molecule has 0 saturated heterocycles. The zero-order valence-corrected chi connectivity index (χ0v) is 10.9. The molecule has 1 heterocycles. The lowest BCUT2D eigenvalue weighted by atomic mass is 10.4. The highest BCUT2D eigenvalue weighted by Crippen LogP contribution is 2.15. The van der Waals surface area contributed by atoms with Crippen molar-refractivity contribution in [1.29, 1.82) is 0 Å². The Balaban J connectivity index is 2.52. The molecule has 0 bridgehead atoms. The largest absolute Gasteiger partial charge is 0.356 e. The lowest BCUT2D eigenvalue weighted by Gasteiger charge is -2.12. The van der Waals surface area contributed by atoms with Gasteiger partial charge in [-0.15, -0.1) is 0 Å². The van der Waals surface area contributed by atoms with Gasteiger partial charge in [-0.05, 0) is 39.2 Å². The highest BCUT2D eigenvalue weighted by molar-refractivity contribution is 7.98. The highest BCUT2D eigenvalue weighted by Gasteiger charge is 2.06. The molecular weight excluding hydrogens is 206 g/mol. The maximum atomic E-state index is 4.47. The normalized spacial score (nSPS) is 11.0. The van der Waals surface area contributed by atoms with Crippen molar-refractivity contribution in [3.05, 3.63) is 11.9 Å². The molecule has 0 aliphatic rings. The molecule has 0 saturated carbocycles. The zero-order chi connectivity index (χ0) is 11.3. The number of thioether (sulfide) groups is 1. The van der Waals surface area contributed by atoms with Crippen molar-refractivity contribution in [3.63, 3.8) is 0 Å². The first kappa shape index (κ1) is 12.4. The molecule has 0 fully saturated rings. The summed E-state index contributed by atoms with van der Waals surface area (Å²) in [6.07, 6.45) is 5.42. The maximum absolute atomic E-state index is 4.47. The number of aromatic nitrogens is 2. The van der Waals surface area contributed by atoms with E-state index in [4.69, 9.17) is 0 Å². The second-order valence-corrected chi connectivity index (χ2v) is 4.97. The van der Waals surface area contributed by atoms with Crippen LogP contribution in [0, 0.1) is 6.92 Å². The van der Waals surface area contributed by atoms with E-state index in [1.165, 1.54) is 12.2 Å². The Hall–Kier alpha value is -0.640. The third kappa shape index (κ3) is 3.78. The predicted molar refractivity (Wildman–Crippen MR) is 68.8 cm³/mol. The van der Waals surface area contributed by atoms with Gasteiger partial charge in [0.05, 0.1) is 5.69 Å². The number of aryl methyl sites for hydroxylation is 1. The van der Waals surface area contributed by atoms with Crippen molar-refractivity contribution in [2.24, 2.45) is 0 Å². The molecule has 0 aliphatic heterocycles. The Morgan fingerprint density at radius 1 is 1.53 bits per heavy atom. The summed E-state index contributed by atoms with van der Waals surface area (Å²) in [6, 6.07) is 0.467. The van der Waals surface area contributed by atoms with Crippen molar-refractivity contribution in [1.82, 2.24) is 9.55 Å². The van der Waals surface area contributed by atoms with E-state index in [2.05, 4.69) is 41.2 Å². The second kappa shape index (κ2) is 6.05. The summed E-state index contributed by atoms with van der Waals surface area (Å²) in [4.78, 5) is 4.47. The van der Waals surface area contributed by atoms with Gasteiger partial charge in [0.15, 0.2) is 0 Å². The third-order valence-corrected chi connectivity index (χ3v) is 2.91. The van der Waals surface area contributed by atoms with Gasteiger partial charge in [0.1, 0.15) is 0 Å². The molecule has 1 rings (SSSR count). The summed E-state index contributed by atoms with van der Waals surface area (Å²) in [5.41, 5.74) is 1.08. The number of imidazole rings is 1. The number of hydrogen-bond donors (Lipinski definition) is 1. The van der Waals surface area contributed by atoms with Crippen LogP contribution in [0.1, 0.15) is 32.0 Å². The first-order chi connectivity index (χ1) is 7.15. The number of nitrogens with zero attached hydrogens (tertiary/aromatic N) is 2. The van der Waals surface area contributed by atoms with Crippen molar-refractivity contribution < 1.29 is 0 Å². The fourth-order valence-electron chi connectivity index (χ4n) is 1.46. The van der Waals surface area contributed by atoms with Crippen LogP contribution in [0.3, 0.4) is 0 Å². The van der Waals surface area contributed by atoms with Gasteiger partial charge in [0.25, 0.3) is 0 Å². The molecule has 3 nitrogen and oxygen atoms in total. The van der Waals surface area contributed by atoms with Crippen LogP contribution in [0.5, 0.6) is 0 Å². The van der Waals surface area contributed by atoms with Crippen LogP contribution in [0.15, 0.2) is 6.20 Å². The summed E-state index contributed by atoms with van der Waals surface area (Å²) in [7, 11) is 0. The Kier molecular flexibility index (Phi) is 5.02. The van der Waals surface area contributed by atoms with E-state index in [1.54, 1.807) is 0 Å². The number of rotatable bonds is 6. The second-order valence-electron chi connectivity index (χ2n) is 3.98. The van der Waals surface area contributed by atoms with E-state index in [0.29, 0.717) is 6.04 Å². The monoisotopic (exact) mass is 227 g/mol. The van der Waals surface area contributed by atoms with Crippen LogP contribution in [0.4, 0.5) is 5.95 Å². The molecule has 0 unspecified atom stereocenters. The zero-order valence-electron chi connectivity index (χ0n) is 10.1. The average Bonchev–Trinajstić information content (AvgIpc) is 2.55. The quantitative estimate of drug-likeness (QED) is 0.758. The summed E-state index contributed by atoms with van der Waals surface area (Å²) >= 11 is 1.89. The lowest BCUT2D eigenvalue weighted by molar-refractivity contribution is 0.604. The van der Waals surface area contributed by atoms with Crippen LogP contribution in [-0.4, -0.2) is 28.1 Å². The molecule has 86 valence electrons. The topological polar surface area (TPSA) is 29.9 Å². The molecule has 0 amide bonds. The minimum atomic E-state index is 0.467. The van der Waals surface area contributed by atoms with Crippen molar-refractivity contribution in [2.75, 3.05) is 23.9 Å². The molecule has 4 heteroatoms. The van der Waals surface area contributed by atoms with Gasteiger partial charge in [0, 0.05) is 18.8 Å². The number of hydrogen-bond acceptors (Lipinski definition) is 3. The predicted octanol–water partition coefficient (Wildman–Crippen LogP) is 2.94. The van der Waals surface area contributed by atoms with Gasteiger partial charge < -0.3 is 9.88 Å². The number of anilines is 1. The van der Waals surface area contributed by atoms with E-state index in [0.717, 1.165) is 18.2 Å². The van der Waals surface area contributed by atoms with Crippen LogP contribution in [0.25, 0.3) is 0 Å². The van der Waals surface area contributed by atoms with E-state index < -0.39 is 0 Å². The first-order valence-electron chi connectivity index (χ1n) is 5.43. The van der Waals surface area contributed by atoms with E-state index in [-0.39, 0.29) is 0 Å². The Bertz CT molecular complexity index is 294. The van der Waals surface area contributed by atoms with Gasteiger partial charge in [-0.1, -0.05) is 0 Å². The molecule has 1 N–H and O–H groups in total. The van der Waals surface area contributed by atoms with Crippen LogP contribution >= 0.6 is 11.8 Å². The van der Waals surface area contributed by atoms with Gasteiger partial charge in [-0.25, -0.2) is 4.98 Å². The summed E-state index contributed by atoms with van der Waals surface area (Å²) in [5, 5.41) is 3.39. The van der Waals surface area contributed by atoms with E-state index in [9.17, 15) is 0 Å². The van der Waals surface area contributed by atoms with Crippen LogP contribution in [-0.2, 0) is 0 Å². The van der Waals surface area contributed by atoms with Crippen molar-refractivity contribution in [3.8, 4) is 0 Å². The maximum Gasteiger partial charge on any atom is 0.203 e. The Morgan fingerprint density at radius 3 is 2.87 bits per heavy atom. The Labute approximate surface area is 96.7 Å². The molecule has 0 radical (unpaired) electrons. The number of nitrogens with one attached hydrogen (secondary N) is 1. The van der Waals surface area contributed by atoms with Gasteiger partial charge in [0.2, 0.25) is 5.95 Å². The van der Waals surface area contributed by atoms with Crippen LogP contribution in [0.2, 0.25) is 0 Å². The molecule has 0 aliphatic carbocycles. The molecule has 1 aromatic rings. The standard InChI is InChI=1S/C11H21N3S/c1-9(2)14-8-10(3)13-11(14)12-6-5-7-15-4/h8-9H,5-7H2,1-4H3,(H,12,13). The third-order valence-electron chi connectivity index (χ3n) is 2.22. The molecule has 0 atom stereocenters. The fraction of sp³-hybridized carbons (Fsp3) is 0.727. The minimum Gasteiger partial charge on any atom is -0.356 e. The average molecular weight is 227 g/mol. The first-order valence-corrected chi connectivity index (χ1v) is 6.82. The highest BCUT2D eigenvalue weighted by atomic mass is 32.2. The smallest absolute Gasteiger partial charge is 0.203 e. The van der Waals surface area contributed by atoms with Gasteiger partial charge in [-0.3, -0.25) is 0 Å². The summed E-state index contributed by atoms with van der Waals surface area (Å²) in [5.74, 6) is 2.21. The van der Waals surface area contributed by atoms with E-state index >= 15 is 0 Å². The molecule has 15 heavy (non-hydrogen) atoms. The van der Waals surface area contributed by atoms with Gasteiger partial charge in [-0.2, -0.15) is 11.8 Å². The lowest BCUT2D eigenvalue weighted by Crippen LogP contribution is -2.10. The van der Waals surface area contributed by atoms with E-state index in [1.807, 2.05) is 18.7 Å². The molecule has 0 spiro atoms. The molecular formula is C11H21N3S. The molecule has 0 aromatic carbocycles. The molecule has 1 aromatic heterocycles. The summed E-state index contributed by atoms with van der Waals surface area (Å²) < 4.78 is 2.19. The Morgan fingerprint density at radius 2 is 2.27 bits per heavy atom.